The van der Waals surface area contributed by atoms with Crippen LogP contribution in [0, 0.1) is 22.7 Å². The highest BCUT2D eigenvalue weighted by Gasteiger charge is 2.80. The Labute approximate surface area is 216 Å². The topological polar surface area (TPSA) is 99.1 Å². The number of fused-ring (bicyclic) bond motifs is 7. The number of carbonyl (C=O) groups excluding carboxylic acids is 3. The average Bonchev–Trinajstić information content (AvgIpc) is 3.33. The first-order chi connectivity index (χ1) is 18.4. The molecule has 1 saturated heterocycles. The van der Waals surface area contributed by atoms with Crippen LogP contribution in [0.2, 0.25) is 0 Å². The van der Waals surface area contributed by atoms with Gasteiger partial charge in [0.2, 0.25) is 5.78 Å². The summed E-state index contributed by atoms with van der Waals surface area (Å²) in [6.45, 7) is 3.96. The molecule has 1 N–H and O–H groups in total. The molecule has 1 aliphatic heterocycles. The van der Waals surface area contributed by atoms with Crippen molar-refractivity contribution in [3.05, 3.63) is 23.8 Å². The lowest BCUT2D eigenvalue weighted by atomic mass is 9.44. The van der Waals surface area contributed by atoms with Gasteiger partial charge in [-0.15, -0.1) is 0 Å². The molecule has 8 heteroatoms. The van der Waals surface area contributed by atoms with Crippen LogP contribution < -0.4 is 0 Å². The van der Waals surface area contributed by atoms with E-state index in [-0.39, 0.29) is 18.6 Å². The number of Topliss-reactive ketones (excluding diaryl/α,β-unsaturated/α-hetero) is 1. The minimum absolute atomic E-state index is 0.164. The van der Waals surface area contributed by atoms with E-state index in [0.717, 1.165) is 6.92 Å². The van der Waals surface area contributed by atoms with Crippen LogP contribution in [0.1, 0.15) is 77.5 Å². The lowest BCUT2D eigenvalue weighted by Crippen LogP contribution is -2.70. The van der Waals surface area contributed by atoms with Gasteiger partial charge in [0, 0.05) is 42.0 Å². The van der Waals surface area contributed by atoms with Gasteiger partial charge in [0.25, 0.3) is 0 Å². The Morgan fingerprint density at radius 1 is 1.28 bits per heavy atom. The van der Waals surface area contributed by atoms with E-state index in [0.29, 0.717) is 18.4 Å². The molecule has 5 fully saturated rings. The SMILES string of the molecule is [2H]C1([2H])CC2(CC1([2H])[2H])O[C@@H]1C[C@H]3[C@@H]4CCC5=CC(=O)C=C[C@]5(C)[C@@]4(F)[C@@H](O)C[C@]3(C)[C@]1(C(=O)COC(C)=O)O2. The first-order valence-electron chi connectivity index (χ1n) is 14.7. The van der Waals surface area contributed by atoms with E-state index < -0.39 is 95.9 Å². The van der Waals surface area contributed by atoms with Crippen molar-refractivity contribution in [3.63, 3.8) is 0 Å². The van der Waals surface area contributed by atoms with Crippen molar-refractivity contribution in [1.82, 2.24) is 0 Å². The molecule has 36 heavy (non-hydrogen) atoms. The molecule has 5 aliphatic carbocycles. The standard InChI is InChI=1S/C28H35FO7/c1-16(30)34-15-22(33)28-23(35-26(36-28)9-4-5-10-26)13-20-19-7-6-17-12-18(31)8-11-24(17,2)27(19,29)21(32)14-25(20,28)3/h8,11-12,19-21,23,32H,4-7,9-10,13-15H2,1-3H3/t19-,20-,21-,23+,24-,25-,27-,28+/m0/s1/i4D2,5D2. The van der Waals surface area contributed by atoms with Gasteiger partial charge in [0.05, 0.1) is 12.2 Å². The number of hydrogen-bond acceptors (Lipinski definition) is 7. The first-order valence-corrected chi connectivity index (χ1v) is 12.7. The van der Waals surface area contributed by atoms with E-state index in [2.05, 4.69) is 0 Å². The van der Waals surface area contributed by atoms with Crippen LogP contribution >= 0.6 is 0 Å². The molecule has 1 spiro atoms. The minimum atomic E-state index is -2.29. The van der Waals surface area contributed by atoms with E-state index in [1.54, 1.807) is 19.9 Å². The van der Waals surface area contributed by atoms with Gasteiger partial charge < -0.3 is 19.3 Å². The van der Waals surface area contributed by atoms with Crippen LogP contribution in [0.25, 0.3) is 0 Å². The highest BCUT2D eigenvalue weighted by Crippen LogP contribution is 2.73. The molecular weight excluding hydrogens is 467 g/mol. The lowest BCUT2D eigenvalue weighted by Gasteiger charge is -2.62. The van der Waals surface area contributed by atoms with Crippen molar-refractivity contribution >= 4 is 17.5 Å². The fraction of sp³-hybridized carbons (Fsp3) is 0.750. The predicted molar refractivity (Wildman–Crippen MR) is 125 cm³/mol. The van der Waals surface area contributed by atoms with E-state index in [1.807, 2.05) is 0 Å². The molecule has 7 nitrogen and oxygen atoms in total. The summed E-state index contributed by atoms with van der Waals surface area (Å²) in [7, 11) is 0. The Morgan fingerprint density at radius 2 is 2.00 bits per heavy atom. The molecule has 6 rings (SSSR count). The summed E-state index contributed by atoms with van der Waals surface area (Å²) in [5, 5.41) is 11.7. The van der Waals surface area contributed by atoms with Gasteiger partial charge in [-0.05, 0) is 63.4 Å². The minimum Gasteiger partial charge on any atom is -0.458 e. The van der Waals surface area contributed by atoms with Gasteiger partial charge in [-0.3, -0.25) is 14.4 Å². The third-order valence-corrected chi connectivity index (χ3v) is 10.2. The number of hydrogen-bond donors (Lipinski definition) is 1. The predicted octanol–water partition coefficient (Wildman–Crippen LogP) is 3.52. The third kappa shape index (κ3) is 2.81. The summed E-state index contributed by atoms with van der Waals surface area (Å²) in [5.74, 6) is -4.52. The third-order valence-electron chi connectivity index (χ3n) is 10.2. The molecule has 0 unspecified atom stereocenters. The average molecular weight is 507 g/mol. The van der Waals surface area contributed by atoms with E-state index in [9.17, 15) is 19.5 Å². The molecule has 0 amide bonds. The zero-order valence-electron chi connectivity index (χ0n) is 24.8. The van der Waals surface area contributed by atoms with Crippen LogP contribution in [0.15, 0.2) is 23.8 Å². The summed E-state index contributed by atoms with van der Waals surface area (Å²) < 4.78 is 68.6. The summed E-state index contributed by atoms with van der Waals surface area (Å²) in [6.07, 6.45) is -2.96. The van der Waals surface area contributed by atoms with Gasteiger partial charge >= 0.3 is 5.97 Å². The van der Waals surface area contributed by atoms with Gasteiger partial charge in [-0.25, -0.2) is 4.39 Å². The summed E-state index contributed by atoms with van der Waals surface area (Å²) in [4.78, 5) is 37.8. The lowest BCUT2D eigenvalue weighted by molar-refractivity contribution is -0.253. The number of aliphatic hydroxyl groups excluding tert-OH is 1. The molecule has 196 valence electrons. The Kier molecular flexibility index (Phi) is 4.23. The summed E-state index contributed by atoms with van der Waals surface area (Å²) in [6, 6.07) is 0. The van der Waals surface area contributed by atoms with Gasteiger partial charge in [-0.2, -0.15) is 0 Å². The zero-order valence-corrected chi connectivity index (χ0v) is 20.8. The van der Waals surface area contributed by atoms with Crippen LogP contribution in [0.4, 0.5) is 4.39 Å². The first kappa shape index (κ1) is 20.1. The second kappa shape index (κ2) is 7.58. The van der Waals surface area contributed by atoms with E-state index in [4.69, 9.17) is 19.7 Å². The Balaban J connectivity index is 1.44. The zero-order chi connectivity index (χ0) is 29.3. The Hall–Kier alpha value is -1.90. The van der Waals surface area contributed by atoms with Crippen molar-refractivity contribution in [3.8, 4) is 0 Å². The summed E-state index contributed by atoms with van der Waals surface area (Å²) >= 11 is 0. The van der Waals surface area contributed by atoms with Gasteiger partial charge in [-0.1, -0.05) is 18.6 Å². The quantitative estimate of drug-likeness (QED) is 0.585. The number of carbonyl (C=O) groups is 3. The van der Waals surface area contributed by atoms with E-state index >= 15 is 4.39 Å². The summed E-state index contributed by atoms with van der Waals surface area (Å²) in [5.41, 5.74) is -5.76. The maximum absolute atomic E-state index is 17.5. The van der Waals surface area contributed by atoms with Crippen LogP contribution in [0.5, 0.6) is 0 Å². The van der Waals surface area contributed by atoms with Crippen LogP contribution in [0.3, 0.4) is 0 Å². The van der Waals surface area contributed by atoms with Crippen LogP contribution in [-0.4, -0.2) is 58.5 Å². The maximum Gasteiger partial charge on any atom is 0.303 e. The number of ketones is 2. The number of halogens is 1. The molecule has 0 aromatic rings. The number of rotatable bonds is 3. The van der Waals surface area contributed by atoms with Crippen molar-refractivity contribution < 1.29 is 43.6 Å². The molecule has 0 bridgehead atoms. The number of allylic oxidation sites excluding steroid dienone is 4. The molecule has 0 aromatic heterocycles. The molecular formula is C28H35FO7. The fourth-order valence-corrected chi connectivity index (χ4v) is 8.52. The second-order valence-corrected chi connectivity index (χ2v) is 11.8. The second-order valence-electron chi connectivity index (χ2n) is 11.8. The molecule has 1 heterocycles. The van der Waals surface area contributed by atoms with Gasteiger partial charge in [0.15, 0.2) is 29.4 Å². The Morgan fingerprint density at radius 3 is 2.69 bits per heavy atom. The number of ether oxygens (including phenoxy) is 3. The van der Waals surface area contributed by atoms with Crippen molar-refractivity contribution in [2.45, 2.75) is 101 Å². The van der Waals surface area contributed by atoms with Gasteiger partial charge in [0.1, 0.15) is 0 Å². The number of aliphatic hydroxyl groups is 1. The highest BCUT2D eigenvalue weighted by molar-refractivity contribution is 6.01. The number of alkyl halides is 1. The van der Waals surface area contributed by atoms with Crippen molar-refractivity contribution in [1.29, 1.82) is 0 Å². The molecule has 0 radical (unpaired) electrons. The Bertz CT molecular complexity index is 1250. The monoisotopic (exact) mass is 506 g/mol. The van der Waals surface area contributed by atoms with E-state index in [1.165, 1.54) is 12.2 Å². The van der Waals surface area contributed by atoms with Crippen molar-refractivity contribution in [2.24, 2.45) is 22.7 Å². The largest absolute Gasteiger partial charge is 0.458 e. The normalized spacial score (nSPS) is 52.6. The maximum atomic E-state index is 17.5. The van der Waals surface area contributed by atoms with Crippen molar-refractivity contribution in [2.75, 3.05) is 6.61 Å². The molecule has 8 atom stereocenters. The highest BCUT2D eigenvalue weighted by atomic mass is 19.1. The molecule has 6 aliphatic rings. The number of esters is 1. The van der Waals surface area contributed by atoms with Crippen LogP contribution in [-0.2, 0) is 28.6 Å². The fourth-order valence-electron chi connectivity index (χ4n) is 8.52. The molecule has 0 aromatic carbocycles. The smallest absolute Gasteiger partial charge is 0.303 e. The molecule has 4 saturated carbocycles.